The summed E-state index contributed by atoms with van der Waals surface area (Å²) in [6, 6.07) is 7.29. The van der Waals surface area contributed by atoms with Crippen molar-refractivity contribution in [2.45, 2.75) is 26.1 Å². The highest BCUT2D eigenvalue weighted by Gasteiger charge is 2.35. The number of methoxy groups -OCH3 is 1. The Morgan fingerprint density at radius 2 is 2.00 bits per heavy atom. The number of hydrogen-bond acceptors (Lipinski definition) is 4. The molecule has 2 rings (SSSR count). The first kappa shape index (κ1) is 17.6. The Morgan fingerprint density at radius 3 is 2.58 bits per heavy atom. The van der Waals surface area contributed by atoms with Gasteiger partial charge in [0, 0.05) is 11.8 Å². The minimum atomic E-state index is -4.51. The highest BCUT2D eigenvalue weighted by atomic mass is 19.4. The van der Waals surface area contributed by atoms with Crippen molar-refractivity contribution in [3.63, 3.8) is 0 Å². The number of nitrogens with one attached hydrogen (secondary N) is 1. The van der Waals surface area contributed by atoms with Gasteiger partial charge in [0.25, 0.3) is 0 Å². The molecule has 0 aliphatic heterocycles. The third kappa shape index (κ3) is 3.77. The molecule has 0 fully saturated rings. The topological polar surface area (TPSA) is 57.9 Å². The fourth-order valence-electron chi connectivity index (χ4n) is 2.33. The molecule has 2 aromatic rings. The third-order valence-corrected chi connectivity index (χ3v) is 3.51. The number of ether oxygens (including phenoxy) is 1. The first-order chi connectivity index (χ1) is 11.3. The van der Waals surface area contributed by atoms with Gasteiger partial charge in [-0.1, -0.05) is 0 Å². The van der Waals surface area contributed by atoms with Gasteiger partial charge in [-0.05, 0) is 43.7 Å². The lowest BCUT2D eigenvalue weighted by molar-refractivity contribution is -0.137. The molecule has 7 heteroatoms. The predicted octanol–water partition coefficient (Wildman–Crippen LogP) is 4.46. The largest absolute Gasteiger partial charge is 0.496 e. The van der Waals surface area contributed by atoms with E-state index in [9.17, 15) is 13.2 Å². The first-order valence-electron chi connectivity index (χ1n) is 7.14. The van der Waals surface area contributed by atoms with Crippen LogP contribution >= 0.6 is 0 Å². The Labute approximate surface area is 137 Å². The van der Waals surface area contributed by atoms with Gasteiger partial charge in [0.05, 0.1) is 30.3 Å². The monoisotopic (exact) mass is 335 g/mol. The molecule has 0 unspecified atom stereocenters. The normalized spacial score (nSPS) is 12.4. The van der Waals surface area contributed by atoms with Crippen LogP contribution in [0.25, 0.3) is 0 Å². The molecule has 0 amide bonds. The molecule has 0 radical (unpaired) electrons. The van der Waals surface area contributed by atoms with E-state index < -0.39 is 17.8 Å². The number of pyridine rings is 1. The van der Waals surface area contributed by atoms with Crippen molar-refractivity contribution in [2.24, 2.45) is 0 Å². The van der Waals surface area contributed by atoms with Gasteiger partial charge in [-0.25, -0.2) is 4.98 Å². The quantitative estimate of drug-likeness (QED) is 0.896. The molecular formula is C17H16F3N3O. The van der Waals surface area contributed by atoms with Gasteiger partial charge in [-0.2, -0.15) is 18.4 Å². The Hall–Kier alpha value is -2.75. The van der Waals surface area contributed by atoms with E-state index in [0.717, 1.165) is 6.07 Å². The van der Waals surface area contributed by atoms with Crippen molar-refractivity contribution in [1.29, 1.82) is 5.26 Å². The number of alkyl halides is 3. The second kappa shape index (κ2) is 6.79. The van der Waals surface area contributed by atoms with Crippen molar-refractivity contribution in [3.05, 3.63) is 52.7 Å². The molecule has 0 aliphatic carbocycles. The maximum Gasteiger partial charge on any atom is 0.419 e. The number of aromatic nitrogens is 1. The third-order valence-electron chi connectivity index (χ3n) is 3.51. The molecule has 4 nitrogen and oxygen atoms in total. The minimum Gasteiger partial charge on any atom is -0.496 e. The summed E-state index contributed by atoms with van der Waals surface area (Å²) in [6.07, 6.45) is -3.15. The fraction of sp³-hybridized carbons (Fsp3) is 0.294. The van der Waals surface area contributed by atoms with Gasteiger partial charge >= 0.3 is 6.18 Å². The molecule has 24 heavy (non-hydrogen) atoms. The van der Waals surface area contributed by atoms with E-state index in [1.54, 1.807) is 32.0 Å². The van der Waals surface area contributed by atoms with E-state index in [0.29, 0.717) is 22.4 Å². The SMILES string of the molecule is COc1ccc(C#N)cc1[C@H](C)Nc1ncc(C)cc1C(F)(F)F. The van der Waals surface area contributed by atoms with Crippen LogP contribution in [0.3, 0.4) is 0 Å². The van der Waals surface area contributed by atoms with Crippen LogP contribution in [0.5, 0.6) is 5.75 Å². The van der Waals surface area contributed by atoms with Crippen molar-refractivity contribution in [3.8, 4) is 11.8 Å². The number of aryl methyl sites for hydroxylation is 1. The standard InChI is InChI=1S/C17H16F3N3O/c1-10-6-14(17(18,19)20)16(22-9-10)23-11(2)13-7-12(8-21)4-5-15(13)24-3/h4-7,9,11H,1-3H3,(H,22,23)/t11-/m0/s1. The van der Waals surface area contributed by atoms with Crippen LogP contribution in [0, 0.1) is 18.3 Å². The molecule has 1 heterocycles. The smallest absolute Gasteiger partial charge is 0.419 e. The van der Waals surface area contributed by atoms with Crippen LogP contribution in [-0.4, -0.2) is 12.1 Å². The predicted molar refractivity (Wildman–Crippen MR) is 83.7 cm³/mol. The summed E-state index contributed by atoms with van der Waals surface area (Å²) in [6.45, 7) is 3.23. The lowest BCUT2D eigenvalue weighted by Crippen LogP contribution is -2.16. The van der Waals surface area contributed by atoms with Gasteiger partial charge < -0.3 is 10.1 Å². The minimum absolute atomic E-state index is 0.259. The molecule has 1 aromatic carbocycles. The van der Waals surface area contributed by atoms with E-state index >= 15 is 0 Å². The summed E-state index contributed by atoms with van der Waals surface area (Å²) in [5.41, 5.74) is 0.564. The maximum atomic E-state index is 13.2. The van der Waals surface area contributed by atoms with Crippen LogP contribution in [0.1, 0.15) is 35.2 Å². The Morgan fingerprint density at radius 1 is 1.29 bits per heavy atom. The summed E-state index contributed by atoms with van der Waals surface area (Å²) in [4.78, 5) is 3.87. The summed E-state index contributed by atoms with van der Waals surface area (Å²) in [5.74, 6) is 0.222. The molecule has 1 N–H and O–H groups in total. The summed E-state index contributed by atoms with van der Waals surface area (Å²) in [5, 5.41) is 11.8. The average Bonchev–Trinajstić information content (AvgIpc) is 2.54. The first-order valence-corrected chi connectivity index (χ1v) is 7.14. The van der Waals surface area contributed by atoms with Gasteiger partial charge in [-0.3, -0.25) is 0 Å². The summed E-state index contributed by atoms with van der Waals surface area (Å²) >= 11 is 0. The van der Waals surface area contributed by atoms with Crippen molar-refractivity contribution in [2.75, 3.05) is 12.4 Å². The molecule has 0 aliphatic rings. The van der Waals surface area contributed by atoms with E-state index in [-0.39, 0.29) is 5.82 Å². The van der Waals surface area contributed by atoms with Gasteiger partial charge in [-0.15, -0.1) is 0 Å². The van der Waals surface area contributed by atoms with Crippen LogP contribution in [-0.2, 0) is 6.18 Å². The van der Waals surface area contributed by atoms with Crippen LogP contribution in [0.2, 0.25) is 0 Å². The molecule has 126 valence electrons. The van der Waals surface area contributed by atoms with Crippen molar-refractivity contribution >= 4 is 5.82 Å². The molecule has 0 saturated carbocycles. The molecule has 1 aromatic heterocycles. The number of benzene rings is 1. The second-order valence-electron chi connectivity index (χ2n) is 5.34. The van der Waals surface area contributed by atoms with Gasteiger partial charge in [0.1, 0.15) is 11.6 Å². The van der Waals surface area contributed by atoms with Gasteiger partial charge in [0.2, 0.25) is 0 Å². The van der Waals surface area contributed by atoms with Crippen molar-refractivity contribution in [1.82, 2.24) is 4.98 Å². The zero-order chi connectivity index (χ0) is 17.9. The van der Waals surface area contributed by atoms with E-state index in [2.05, 4.69) is 10.3 Å². The lowest BCUT2D eigenvalue weighted by Gasteiger charge is -2.21. The zero-order valence-electron chi connectivity index (χ0n) is 13.4. The van der Waals surface area contributed by atoms with E-state index in [1.807, 2.05) is 6.07 Å². The van der Waals surface area contributed by atoms with Crippen molar-refractivity contribution < 1.29 is 17.9 Å². The Kier molecular flexibility index (Phi) is 4.98. The number of halogens is 3. The van der Waals surface area contributed by atoms with E-state index in [1.165, 1.54) is 13.3 Å². The molecule has 0 saturated heterocycles. The highest BCUT2D eigenvalue weighted by molar-refractivity contribution is 5.51. The average molecular weight is 335 g/mol. The summed E-state index contributed by atoms with van der Waals surface area (Å²) in [7, 11) is 1.46. The molecule has 1 atom stereocenters. The Bertz CT molecular complexity index is 782. The zero-order valence-corrected chi connectivity index (χ0v) is 13.4. The highest BCUT2D eigenvalue weighted by Crippen LogP contribution is 2.36. The fourth-order valence-corrected chi connectivity index (χ4v) is 2.33. The van der Waals surface area contributed by atoms with Crippen LogP contribution in [0.15, 0.2) is 30.5 Å². The number of hydrogen-bond donors (Lipinski definition) is 1. The number of nitrogens with zero attached hydrogens (tertiary/aromatic N) is 2. The van der Waals surface area contributed by atoms with E-state index in [4.69, 9.17) is 10.00 Å². The van der Waals surface area contributed by atoms with Crippen LogP contribution < -0.4 is 10.1 Å². The van der Waals surface area contributed by atoms with Gasteiger partial charge in [0.15, 0.2) is 0 Å². The Balaban J connectivity index is 2.41. The maximum absolute atomic E-state index is 13.2. The summed E-state index contributed by atoms with van der Waals surface area (Å²) < 4.78 is 44.8. The number of nitriles is 1. The number of anilines is 1. The molecular weight excluding hydrogens is 319 g/mol. The molecule has 0 spiro atoms. The second-order valence-corrected chi connectivity index (χ2v) is 5.34. The van der Waals surface area contributed by atoms with Crippen LogP contribution in [0.4, 0.5) is 19.0 Å². The molecule has 0 bridgehead atoms. The number of rotatable bonds is 4. The lowest BCUT2D eigenvalue weighted by atomic mass is 10.0.